The van der Waals surface area contributed by atoms with Gasteiger partial charge in [-0.05, 0) is 11.5 Å². The van der Waals surface area contributed by atoms with E-state index in [1.165, 1.54) is 5.38 Å². The Morgan fingerprint density at radius 3 is 2.56 bits per heavy atom. The van der Waals surface area contributed by atoms with Crippen molar-refractivity contribution in [3.05, 3.63) is 11.1 Å². The van der Waals surface area contributed by atoms with Crippen molar-refractivity contribution in [3.8, 4) is 0 Å². The van der Waals surface area contributed by atoms with Crippen LogP contribution in [0.2, 0.25) is 0 Å². The van der Waals surface area contributed by atoms with Gasteiger partial charge in [0, 0.05) is 5.38 Å². The largest absolute Gasteiger partial charge is 0.396 e. The molecule has 0 saturated heterocycles. The SMILES string of the molecule is Nc1csnc1C(F)F. The van der Waals surface area contributed by atoms with Gasteiger partial charge in [-0.25, -0.2) is 8.78 Å². The first kappa shape index (κ1) is 6.41. The van der Waals surface area contributed by atoms with Crippen LogP contribution in [0.15, 0.2) is 5.38 Å². The number of hydrogen-bond acceptors (Lipinski definition) is 3. The number of nitrogens with two attached hydrogens (primary N) is 1. The summed E-state index contributed by atoms with van der Waals surface area (Å²) in [7, 11) is 0. The number of rotatable bonds is 1. The van der Waals surface area contributed by atoms with E-state index in [4.69, 9.17) is 5.73 Å². The van der Waals surface area contributed by atoms with Crippen LogP contribution >= 0.6 is 11.5 Å². The number of aromatic nitrogens is 1. The number of halogens is 2. The number of nitrogens with zero attached hydrogens (tertiary/aromatic N) is 1. The van der Waals surface area contributed by atoms with Gasteiger partial charge in [0.2, 0.25) is 0 Å². The van der Waals surface area contributed by atoms with Crippen molar-refractivity contribution in [2.24, 2.45) is 0 Å². The molecule has 0 amide bonds. The van der Waals surface area contributed by atoms with Crippen LogP contribution in [-0.4, -0.2) is 4.37 Å². The average Bonchev–Trinajstić information content (AvgIpc) is 2.13. The van der Waals surface area contributed by atoms with E-state index in [0.717, 1.165) is 11.5 Å². The van der Waals surface area contributed by atoms with Crippen molar-refractivity contribution in [2.45, 2.75) is 6.43 Å². The normalized spacial score (nSPS) is 10.6. The summed E-state index contributed by atoms with van der Waals surface area (Å²) in [4.78, 5) is 0. The molecule has 1 heterocycles. The second-order valence-corrected chi connectivity index (χ2v) is 2.08. The van der Waals surface area contributed by atoms with E-state index in [1.54, 1.807) is 0 Å². The van der Waals surface area contributed by atoms with Crippen LogP contribution in [0, 0.1) is 0 Å². The van der Waals surface area contributed by atoms with Gasteiger partial charge in [0.15, 0.2) is 0 Å². The maximum atomic E-state index is 11.7. The summed E-state index contributed by atoms with van der Waals surface area (Å²) in [6, 6.07) is 0. The van der Waals surface area contributed by atoms with Gasteiger partial charge in [0.1, 0.15) is 5.69 Å². The topological polar surface area (TPSA) is 38.9 Å². The van der Waals surface area contributed by atoms with E-state index in [0.29, 0.717) is 0 Å². The quantitative estimate of drug-likeness (QED) is 0.661. The fraction of sp³-hybridized carbons (Fsp3) is 0.250. The van der Waals surface area contributed by atoms with Crippen molar-refractivity contribution < 1.29 is 8.78 Å². The van der Waals surface area contributed by atoms with Crippen molar-refractivity contribution in [2.75, 3.05) is 5.73 Å². The molecule has 0 bridgehead atoms. The lowest BCUT2D eigenvalue weighted by molar-refractivity contribution is 0.148. The van der Waals surface area contributed by atoms with Gasteiger partial charge in [-0.1, -0.05) is 0 Å². The lowest BCUT2D eigenvalue weighted by Gasteiger charge is -1.91. The van der Waals surface area contributed by atoms with Gasteiger partial charge >= 0.3 is 0 Å². The van der Waals surface area contributed by atoms with E-state index in [1.807, 2.05) is 0 Å². The fourth-order valence-corrected chi connectivity index (χ4v) is 1.00. The van der Waals surface area contributed by atoms with E-state index in [-0.39, 0.29) is 11.4 Å². The maximum Gasteiger partial charge on any atom is 0.283 e. The van der Waals surface area contributed by atoms with E-state index in [9.17, 15) is 8.78 Å². The minimum absolute atomic E-state index is 0.0787. The summed E-state index contributed by atoms with van der Waals surface area (Å²) in [6.45, 7) is 0. The number of nitrogen functional groups attached to an aromatic ring is 1. The van der Waals surface area contributed by atoms with Crippen LogP contribution in [0.5, 0.6) is 0 Å². The highest BCUT2D eigenvalue weighted by molar-refractivity contribution is 7.04. The van der Waals surface area contributed by atoms with Crippen LogP contribution in [-0.2, 0) is 0 Å². The Labute approximate surface area is 54.5 Å². The lowest BCUT2D eigenvalue weighted by Crippen LogP contribution is -1.90. The monoisotopic (exact) mass is 150 g/mol. The van der Waals surface area contributed by atoms with Crippen molar-refractivity contribution in [1.82, 2.24) is 4.37 Å². The molecule has 0 radical (unpaired) electrons. The molecule has 2 N–H and O–H groups in total. The van der Waals surface area contributed by atoms with Gasteiger partial charge in [-0.2, -0.15) is 4.37 Å². The molecule has 9 heavy (non-hydrogen) atoms. The van der Waals surface area contributed by atoms with Gasteiger partial charge in [0.25, 0.3) is 6.43 Å². The molecular weight excluding hydrogens is 146 g/mol. The molecule has 0 atom stereocenters. The smallest absolute Gasteiger partial charge is 0.283 e. The summed E-state index contributed by atoms with van der Waals surface area (Å²) >= 11 is 0.940. The third kappa shape index (κ3) is 1.16. The standard InChI is InChI=1S/C4H4F2N2S/c5-4(6)3-2(7)1-9-8-3/h1,4H,7H2. The van der Waals surface area contributed by atoms with Crippen LogP contribution < -0.4 is 5.73 Å². The summed E-state index contributed by atoms with van der Waals surface area (Å²) in [5.74, 6) is 0. The Morgan fingerprint density at radius 2 is 2.33 bits per heavy atom. The van der Waals surface area contributed by atoms with Gasteiger partial charge in [-0.3, -0.25) is 0 Å². The summed E-state index contributed by atoms with van der Waals surface area (Å²) in [5, 5.41) is 1.39. The Balaban J connectivity index is 2.94. The van der Waals surface area contributed by atoms with Crippen molar-refractivity contribution in [1.29, 1.82) is 0 Å². The van der Waals surface area contributed by atoms with E-state index >= 15 is 0 Å². The maximum absolute atomic E-state index is 11.7. The van der Waals surface area contributed by atoms with Crippen LogP contribution in [0.25, 0.3) is 0 Å². The van der Waals surface area contributed by atoms with E-state index < -0.39 is 6.43 Å². The minimum Gasteiger partial charge on any atom is -0.396 e. The molecule has 0 spiro atoms. The average molecular weight is 150 g/mol. The highest BCUT2D eigenvalue weighted by atomic mass is 32.1. The van der Waals surface area contributed by atoms with Crippen molar-refractivity contribution in [3.63, 3.8) is 0 Å². The Morgan fingerprint density at radius 1 is 1.67 bits per heavy atom. The lowest BCUT2D eigenvalue weighted by atomic mass is 10.4. The predicted octanol–water partition coefficient (Wildman–Crippen LogP) is 1.66. The number of alkyl halides is 2. The molecule has 0 aromatic carbocycles. The Bertz CT molecular complexity index is 198. The molecule has 0 unspecified atom stereocenters. The van der Waals surface area contributed by atoms with Crippen LogP contribution in [0.3, 0.4) is 0 Å². The van der Waals surface area contributed by atoms with E-state index in [2.05, 4.69) is 4.37 Å². The molecule has 1 aromatic rings. The van der Waals surface area contributed by atoms with Crippen LogP contribution in [0.4, 0.5) is 14.5 Å². The molecular formula is C4H4F2N2S. The summed E-state index contributed by atoms with van der Waals surface area (Å²) in [5.41, 5.74) is 4.88. The molecule has 1 rings (SSSR count). The highest BCUT2D eigenvalue weighted by Crippen LogP contribution is 2.24. The van der Waals surface area contributed by atoms with Gasteiger partial charge in [0.05, 0.1) is 5.69 Å². The molecule has 5 heteroatoms. The first-order valence-electron chi connectivity index (χ1n) is 2.19. The first-order valence-corrected chi connectivity index (χ1v) is 3.03. The van der Waals surface area contributed by atoms with Gasteiger partial charge < -0.3 is 5.73 Å². The molecule has 0 fully saturated rings. The number of hydrogen-bond donors (Lipinski definition) is 1. The molecule has 0 aliphatic heterocycles. The zero-order valence-electron chi connectivity index (χ0n) is 4.34. The molecule has 50 valence electrons. The molecule has 1 aromatic heterocycles. The molecule has 0 aliphatic rings. The third-order valence-electron chi connectivity index (χ3n) is 0.833. The Hall–Kier alpha value is -0.710. The van der Waals surface area contributed by atoms with Gasteiger partial charge in [-0.15, -0.1) is 0 Å². The fourth-order valence-electron chi connectivity index (χ4n) is 0.419. The summed E-state index contributed by atoms with van der Waals surface area (Å²) < 4.78 is 26.8. The first-order chi connectivity index (χ1) is 4.22. The molecule has 2 nitrogen and oxygen atoms in total. The zero-order valence-corrected chi connectivity index (χ0v) is 5.16. The third-order valence-corrected chi connectivity index (χ3v) is 1.49. The zero-order chi connectivity index (χ0) is 6.85. The highest BCUT2D eigenvalue weighted by Gasteiger charge is 2.12. The molecule has 0 aliphatic carbocycles. The number of anilines is 1. The minimum atomic E-state index is -2.55. The summed E-state index contributed by atoms with van der Waals surface area (Å²) in [6.07, 6.45) is -2.55. The predicted molar refractivity (Wildman–Crippen MR) is 31.5 cm³/mol. The van der Waals surface area contributed by atoms with Crippen molar-refractivity contribution >= 4 is 17.2 Å². The second-order valence-electron chi connectivity index (χ2n) is 1.46. The molecule has 0 saturated carbocycles. The van der Waals surface area contributed by atoms with Crippen LogP contribution in [0.1, 0.15) is 12.1 Å². The second kappa shape index (κ2) is 2.26. The Kier molecular flexibility index (Phi) is 1.61.